The van der Waals surface area contributed by atoms with Crippen LogP contribution in [0.4, 0.5) is 8.78 Å². The van der Waals surface area contributed by atoms with Gasteiger partial charge in [0.15, 0.2) is 11.6 Å². The van der Waals surface area contributed by atoms with E-state index >= 15 is 0 Å². The van der Waals surface area contributed by atoms with E-state index in [1.807, 2.05) is 18.2 Å². The first-order chi connectivity index (χ1) is 15.9. The van der Waals surface area contributed by atoms with Gasteiger partial charge in [0.25, 0.3) is 0 Å². The molecule has 2 aliphatic heterocycles. The van der Waals surface area contributed by atoms with Gasteiger partial charge in [-0.25, -0.2) is 13.6 Å². The fraction of sp³-hybridized carbons (Fsp3) is 0.400. The molecule has 0 N–H and O–H groups in total. The second kappa shape index (κ2) is 9.57. The number of cyclic esters (lactones) is 1. The number of carbonyl (C=O) groups excluding carboxylic acids is 2. The van der Waals surface area contributed by atoms with Crippen molar-refractivity contribution in [2.24, 2.45) is 5.92 Å². The van der Waals surface area contributed by atoms with Crippen molar-refractivity contribution in [2.45, 2.75) is 38.7 Å². The van der Waals surface area contributed by atoms with Gasteiger partial charge < -0.3 is 14.4 Å². The van der Waals surface area contributed by atoms with Crippen LogP contribution >= 0.6 is 0 Å². The van der Waals surface area contributed by atoms with Gasteiger partial charge in [-0.2, -0.15) is 5.26 Å². The molecule has 8 heteroatoms. The van der Waals surface area contributed by atoms with Gasteiger partial charge in [-0.1, -0.05) is 12.1 Å². The molecule has 0 bridgehead atoms. The van der Waals surface area contributed by atoms with E-state index in [0.29, 0.717) is 31.2 Å². The summed E-state index contributed by atoms with van der Waals surface area (Å²) < 4.78 is 38.7. The van der Waals surface area contributed by atoms with Gasteiger partial charge in [0.2, 0.25) is 5.91 Å². The van der Waals surface area contributed by atoms with Gasteiger partial charge in [0.1, 0.15) is 18.5 Å². The fourth-order valence-corrected chi connectivity index (χ4v) is 4.55. The van der Waals surface area contributed by atoms with Crippen LogP contribution in [0.25, 0.3) is 0 Å². The third-order valence-electron chi connectivity index (χ3n) is 6.48. The first-order valence-electron chi connectivity index (χ1n) is 10.9. The maximum Gasteiger partial charge on any atom is 0.338 e. The Bertz CT molecular complexity index is 1130. The number of rotatable bonds is 6. The molecule has 1 saturated heterocycles. The third kappa shape index (κ3) is 4.68. The number of esters is 1. The highest BCUT2D eigenvalue weighted by molar-refractivity contribution is 5.93. The molecular formula is C25H24F2N2O4. The summed E-state index contributed by atoms with van der Waals surface area (Å²) in [7, 11) is 1.18. The van der Waals surface area contributed by atoms with Gasteiger partial charge in [0, 0.05) is 24.2 Å². The van der Waals surface area contributed by atoms with E-state index in [4.69, 9.17) is 14.7 Å². The molecule has 0 spiro atoms. The van der Waals surface area contributed by atoms with E-state index in [0.717, 1.165) is 42.9 Å². The smallest absolute Gasteiger partial charge is 0.338 e. The number of ether oxygens (including phenoxy) is 2. The lowest BCUT2D eigenvalue weighted by Gasteiger charge is -2.32. The Hall–Kier alpha value is -3.47. The normalized spacial score (nSPS) is 15.7. The lowest BCUT2D eigenvalue weighted by molar-refractivity contribution is -0.131. The van der Waals surface area contributed by atoms with Gasteiger partial charge >= 0.3 is 5.97 Å². The molecule has 1 amide bonds. The average Bonchev–Trinajstić information content (AvgIpc) is 3.20. The standard InChI is InChI=1S/C25H24F2N2O4/c1-32-24-20(21(26)11-17(13-28)23(24)27)12-22(30)29-8-6-15(7-9-29)2-3-16-4-5-19-18(10-16)14-33-25(19)31/h4-5,10-11,15H,2-3,6-9,12,14H2,1H3. The highest BCUT2D eigenvalue weighted by Crippen LogP contribution is 2.30. The van der Waals surface area contributed by atoms with Gasteiger partial charge in [0.05, 0.1) is 24.7 Å². The highest BCUT2D eigenvalue weighted by Gasteiger charge is 2.27. The summed E-state index contributed by atoms with van der Waals surface area (Å²) in [5, 5.41) is 8.93. The van der Waals surface area contributed by atoms with Crippen molar-refractivity contribution in [3.05, 3.63) is 63.7 Å². The zero-order valence-corrected chi connectivity index (χ0v) is 18.3. The number of nitriles is 1. The minimum atomic E-state index is -0.953. The predicted octanol–water partition coefficient (Wildman–Crippen LogP) is 3.93. The van der Waals surface area contributed by atoms with Crippen LogP contribution in [-0.2, 0) is 29.0 Å². The molecule has 0 aliphatic carbocycles. The summed E-state index contributed by atoms with van der Waals surface area (Å²) in [6.07, 6.45) is 3.20. The Balaban J connectivity index is 1.31. The first-order valence-corrected chi connectivity index (χ1v) is 10.9. The maximum absolute atomic E-state index is 14.4. The predicted molar refractivity (Wildman–Crippen MR) is 115 cm³/mol. The van der Waals surface area contributed by atoms with Crippen LogP contribution in [0.15, 0.2) is 24.3 Å². The van der Waals surface area contributed by atoms with Crippen molar-refractivity contribution in [1.82, 2.24) is 4.90 Å². The molecule has 6 nitrogen and oxygen atoms in total. The molecule has 0 aromatic heterocycles. The van der Waals surface area contributed by atoms with Crippen LogP contribution in [0.3, 0.4) is 0 Å². The average molecular weight is 454 g/mol. The van der Waals surface area contributed by atoms with Crippen LogP contribution in [0, 0.1) is 28.9 Å². The number of fused-ring (bicyclic) bond motifs is 1. The lowest BCUT2D eigenvalue weighted by atomic mass is 9.89. The summed E-state index contributed by atoms with van der Waals surface area (Å²) in [6, 6.07) is 8.19. The molecule has 2 heterocycles. The number of hydrogen-bond donors (Lipinski definition) is 0. The monoisotopic (exact) mass is 454 g/mol. The Kier molecular flexibility index (Phi) is 6.59. The number of piperidine rings is 1. The van der Waals surface area contributed by atoms with Gasteiger partial charge in [-0.15, -0.1) is 0 Å². The molecule has 2 aromatic rings. The van der Waals surface area contributed by atoms with E-state index in [-0.39, 0.29) is 23.9 Å². The van der Waals surface area contributed by atoms with Gasteiger partial charge in [-0.05, 0) is 49.3 Å². The molecule has 4 rings (SSSR count). The van der Waals surface area contributed by atoms with Gasteiger partial charge in [-0.3, -0.25) is 4.79 Å². The van der Waals surface area contributed by atoms with Crippen LogP contribution in [0.2, 0.25) is 0 Å². The Morgan fingerprint density at radius 3 is 2.73 bits per heavy atom. The van der Waals surface area contributed by atoms with Crippen LogP contribution in [-0.4, -0.2) is 37.0 Å². The second-order valence-corrected chi connectivity index (χ2v) is 8.45. The van der Waals surface area contributed by atoms with E-state index in [1.165, 1.54) is 7.11 Å². The minimum Gasteiger partial charge on any atom is -0.493 e. The van der Waals surface area contributed by atoms with E-state index in [2.05, 4.69) is 0 Å². The van der Waals surface area contributed by atoms with E-state index in [1.54, 1.807) is 11.0 Å². The Morgan fingerprint density at radius 2 is 2.03 bits per heavy atom. The summed E-state index contributed by atoms with van der Waals surface area (Å²) >= 11 is 0. The van der Waals surface area contributed by atoms with Crippen molar-refractivity contribution in [1.29, 1.82) is 5.26 Å². The highest BCUT2D eigenvalue weighted by atomic mass is 19.1. The van der Waals surface area contributed by atoms with Crippen molar-refractivity contribution in [2.75, 3.05) is 20.2 Å². The Morgan fingerprint density at radius 1 is 1.27 bits per heavy atom. The zero-order valence-electron chi connectivity index (χ0n) is 18.3. The van der Waals surface area contributed by atoms with E-state index < -0.39 is 22.9 Å². The first kappa shape index (κ1) is 22.7. The second-order valence-electron chi connectivity index (χ2n) is 8.45. The van der Waals surface area contributed by atoms with Crippen molar-refractivity contribution in [3.8, 4) is 11.8 Å². The number of benzene rings is 2. The number of amides is 1. The summed E-state index contributed by atoms with van der Waals surface area (Å²) in [5.74, 6) is -2.28. The van der Waals surface area contributed by atoms with Crippen molar-refractivity contribution in [3.63, 3.8) is 0 Å². The summed E-state index contributed by atoms with van der Waals surface area (Å²) in [5.41, 5.74) is 2.11. The summed E-state index contributed by atoms with van der Waals surface area (Å²) in [4.78, 5) is 26.0. The number of carbonyl (C=O) groups is 2. The fourth-order valence-electron chi connectivity index (χ4n) is 4.55. The van der Waals surface area contributed by atoms with Crippen molar-refractivity contribution < 1.29 is 27.8 Å². The molecule has 2 aliphatic rings. The molecule has 0 saturated carbocycles. The largest absolute Gasteiger partial charge is 0.493 e. The molecule has 0 radical (unpaired) electrons. The van der Waals surface area contributed by atoms with Crippen molar-refractivity contribution >= 4 is 11.9 Å². The molecule has 172 valence electrons. The molecule has 1 fully saturated rings. The maximum atomic E-state index is 14.4. The number of hydrogen-bond acceptors (Lipinski definition) is 5. The van der Waals surface area contributed by atoms with Crippen LogP contribution < -0.4 is 4.74 Å². The zero-order chi connectivity index (χ0) is 23.5. The number of nitrogens with zero attached hydrogens (tertiary/aromatic N) is 2. The SMILES string of the molecule is COc1c(F)c(C#N)cc(F)c1CC(=O)N1CCC(CCc2ccc3c(c2)COC3=O)CC1. The number of halogens is 2. The molecular weight excluding hydrogens is 430 g/mol. The topological polar surface area (TPSA) is 79.6 Å². The number of methoxy groups -OCH3 is 1. The third-order valence-corrected chi connectivity index (χ3v) is 6.48. The summed E-state index contributed by atoms with van der Waals surface area (Å²) in [6.45, 7) is 1.44. The number of likely N-dealkylation sites (tertiary alicyclic amines) is 1. The Labute approximate surface area is 190 Å². The molecule has 33 heavy (non-hydrogen) atoms. The minimum absolute atomic E-state index is 0.166. The van der Waals surface area contributed by atoms with E-state index in [9.17, 15) is 18.4 Å². The molecule has 0 atom stereocenters. The quantitative estimate of drug-likeness (QED) is 0.618. The lowest BCUT2D eigenvalue weighted by Crippen LogP contribution is -2.39. The van der Waals surface area contributed by atoms with Crippen LogP contribution in [0.5, 0.6) is 5.75 Å². The van der Waals surface area contributed by atoms with Crippen LogP contribution in [0.1, 0.15) is 51.9 Å². The molecule has 2 aromatic carbocycles. The molecule has 0 unspecified atom stereocenters. The number of aryl methyl sites for hydroxylation is 1.